The van der Waals surface area contributed by atoms with Gasteiger partial charge in [-0.05, 0) is 77.1 Å². The Labute approximate surface area is 161 Å². The third kappa shape index (κ3) is 5.31. The SMILES string of the molecule is Cc1ccc(C(=O)NCC(=O)O[C@H](C)C(=O)N2[C@@H](C)CCC[C@@H]2C)cc1C. The Morgan fingerprint density at radius 2 is 1.78 bits per heavy atom. The second kappa shape index (κ2) is 9.02. The van der Waals surface area contributed by atoms with Gasteiger partial charge in [-0.3, -0.25) is 14.4 Å². The molecule has 1 aliphatic rings. The molecule has 148 valence electrons. The van der Waals surface area contributed by atoms with Gasteiger partial charge in [-0.1, -0.05) is 6.07 Å². The first-order chi connectivity index (χ1) is 12.7. The number of carbonyl (C=O) groups excluding carboxylic acids is 3. The molecule has 1 saturated heterocycles. The molecule has 0 aliphatic carbocycles. The number of aryl methyl sites for hydroxylation is 2. The maximum atomic E-state index is 12.6. The smallest absolute Gasteiger partial charge is 0.326 e. The highest BCUT2D eigenvalue weighted by Crippen LogP contribution is 2.23. The van der Waals surface area contributed by atoms with E-state index in [1.165, 1.54) is 0 Å². The molecule has 1 N–H and O–H groups in total. The normalized spacial score (nSPS) is 20.7. The highest BCUT2D eigenvalue weighted by atomic mass is 16.5. The Balaban J connectivity index is 1.86. The molecule has 2 rings (SSSR count). The van der Waals surface area contributed by atoms with E-state index >= 15 is 0 Å². The van der Waals surface area contributed by atoms with E-state index < -0.39 is 12.1 Å². The summed E-state index contributed by atoms with van der Waals surface area (Å²) in [6.45, 7) is 9.25. The fourth-order valence-electron chi connectivity index (χ4n) is 3.49. The summed E-state index contributed by atoms with van der Waals surface area (Å²) in [4.78, 5) is 38.7. The molecule has 0 spiro atoms. The van der Waals surface area contributed by atoms with Crippen molar-refractivity contribution in [3.63, 3.8) is 0 Å². The number of carbonyl (C=O) groups is 3. The van der Waals surface area contributed by atoms with Gasteiger partial charge in [-0.15, -0.1) is 0 Å². The monoisotopic (exact) mass is 374 g/mol. The summed E-state index contributed by atoms with van der Waals surface area (Å²) in [6, 6.07) is 5.65. The number of amides is 2. The Bertz CT molecular complexity index is 706. The summed E-state index contributed by atoms with van der Waals surface area (Å²) in [6.07, 6.45) is 2.16. The first-order valence-corrected chi connectivity index (χ1v) is 9.57. The summed E-state index contributed by atoms with van der Waals surface area (Å²) in [7, 11) is 0. The molecule has 0 bridgehead atoms. The van der Waals surface area contributed by atoms with Gasteiger partial charge in [0.1, 0.15) is 6.54 Å². The minimum absolute atomic E-state index is 0.145. The fraction of sp³-hybridized carbons (Fsp3) is 0.571. The van der Waals surface area contributed by atoms with Gasteiger partial charge in [-0.25, -0.2) is 0 Å². The van der Waals surface area contributed by atoms with Gasteiger partial charge in [0.15, 0.2) is 6.10 Å². The average molecular weight is 374 g/mol. The second-order valence-electron chi connectivity index (χ2n) is 7.49. The summed E-state index contributed by atoms with van der Waals surface area (Å²) in [5.74, 6) is -1.14. The lowest BCUT2D eigenvalue weighted by Gasteiger charge is -2.40. The standard InChI is InChI=1S/C21H30N2O4/c1-13-9-10-18(11-14(13)2)20(25)22-12-19(24)27-17(5)21(26)23-15(3)7-6-8-16(23)4/h9-11,15-17H,6-8,12H2,1-5H3,(H,22,25)/t15-,16-,17+/m0/s1. The molecule has 2 amide bonds. The fourth-order valence-corrected chi connectivity index (χ4v) is 3.49. The molecule has 1 heterocycles. The van der Waals surface area contributed by atoms with Crippen LogP contribution in [0.5, 0.6) is 0 Å². The molecule has 1 aromatic carbocycles. The van der Waals surface area contributed by atoms with Crippen LogP contribution >= 0.6 is 0 Å². The average Bonchev–Trinajstić information content (AvgIpc) is 2.61. The second-order valence-corrected chi connectivity index (χ2v) is 7.49. The van der Waals surface area contributed by atoms with Gasteiger partial charge in [0, 0.05) is 17.6 Å². The zero-order valence-electron chi connectivity index (χ0n) is 16.9. The van der Waals surface area contributed by atoms with Crippen LogP contribution in [0.4, 0.5) is 0 Å². The first-order valence-electron chi connectivity index (χ1n) is 9.57. The van der Waals surface area contributed by atoms with E-state index in [1.54, 1.807) is 19.1 Å². The number of ether oxygens (including phenoxy) is 1. The quantitative estimate of drug-likeness (QED) is 0.804. The molecular weight excluding hydrogens is 344 g/mol. The molecule has 6 heteroatoms. The third-order valence-electron chi connectivity index (χ3n) is 5.27. The number of rotatable bonds is 5. The van der Waals surface area contributed by atoms with Gasteiger partial charge in [0.25, 0.3) is 11.8 Å². The number of esters is 1. The summed E-state index contributed by atoms with van der Waals surface area (Å²) in [5.41, 5.74) is 2.60. The molecule has 0 aromatic heterocycles. The van der Waals surface area contributed by atoms with Crippen LogP contribution in [-0.4, -0.2) is 47.4 Å². The van der Waals surface area contributed by atoms with Crippen molar-refractivity contribution in [1.82, 2.24) is 10.2 Å². The highest BCUT2D eigenvalue weighted by Gasteiger charge is 2.33. The van der Waals surface area contributed by atoms with E-state index in [2.05, 4.69) is 5.32 Å². The number of benzene rings is 1. The first kappa shape index (κ1) is 20.9. The Hall–Kier alpha value is -2.37. The molecule has 6 nitrogen and oxygen atoms in total. The summed E-state index contributed by atoms with van der Waals surface area (Å²) in [5, 5.41) is 2.55. The van der Waals surface area contributed by atoms with Crippen molar-refractivity contribution in [2.45, 2.75) is 72.1 Å². The Morgan fingerprint density at radius 1 is 1.15 bits per heavy atom. The number of nitrogens with zero attached hydrogens (tertiary/aromatic N) is 1. The molecule has 0 unspecified atom stereocenters. The maximum Gasteiger partial charge on any atom is 0.326 e. The number of hydrogen-bond acceptors (Lipinski definition) is 4. The van der Waals surface area contributed by atoms with Gasteiger partial charge < -0.3 is 15.0 Å². The van der Waals surface area contributed by atoms with E-state index in [1.807, 2.05) is 38.7 Å². The van der Waals surface area contributed by atoms with Crippen molar-refractivity contribution >= 4 is 17.8 Å². The molecule has 3 atom stereocenters. The number of hydrogen-bond donors (Lipinski definition) is 1. The predicted molar refractivity (Wildman–Crippen MR) is 103 cm³/mol. The third-order valence-corrected chi connectivity index (χ3v) is 5.27. The predicted octanol–water partition coefficient (Wildman–Crippen LogP) is 2.75. The van der Waals surface area contributed by atoms with Crippen LogP contribution in [0.15, 0.2) is 18.2 Å². The maximum absolute atomic E-state index is 12.6. The molecule has 1 fully saturated rings. The lowest BCUT2D eigenvalue weighted by atomic mass is 9.97. The minimum Gasteiger partial charge on any atom is -0.451 e. The van der Waals surface area contributed by atoms with Crippen molar-refractivity contribution in [1.29, 1.82) is 0 Å². The van der Waals surface area contributed by atoms with E-state index in [0.717, 1.165) is 30.4 Å². The minimum atomic E-state index is -0.862. The van der Waals surface area contributed by atoms with Gasteiger partial charge in [-0.2, -0.15) is 0 Å². The lowest BCUT2D eigenvalue weighted by molar-refractivity contribution is -0.161. The van der Waals surface area contributed by atoms with Crippen LogP contribution in [0.2, 0.25) is 0 Å². The van der Waals surface area contributed by atoms with Crippen LogP contribution < -0.4 is 5.32 Å². The lowest BCUT2D eigenvalue weighted by Crippen LogP contribution is -2.51. The van der Waals surface area contributed by atoms with Crippen LogP contribution in [0.25, 0.3) is 0 Å². The number of nitrogens with one attached hydrogen (secondary N) is 1. The van der Waals surface area contributed by atoms with E-state index in [4.69, 9.17) is 4.74 Å². The van der Waals surface area contributed by atoms with E-state index in [9.17, 15) is 14.4 Å². The van der Waals surface area contributed by atoms with E-state index in [0.29, 0.717) is 5.56 Å². The molecule has 1 aromatic rings. The number of piperidine rings is 1. The van der Waals surface area contributed by atoms with Crippen molar-refractivity contribution in [2.24, 2.45) is 0 Å². The van der Waals surface area contributed by atoms with Crippen molar-refractivity contribution < 1.29 is 19.1 Å². The molecular formula is C21H30N2O4. The summed E-state index contributed by atoms with van der Waals surface area (Å²) >= 11 is 0. The van der Waals surface area contributed by atoms with E-state index in [-0.39, 0.29) is 30.4 Å². The number of likely N-dealkylation sites (tertiary alicyclic amines) is 1. The van der Waals surface area contributed by atoms with Crippen molar-refractivity contribution in [2.75, 3.05) is 6.54 Å². The Kier molecular flexibility index (Phi) is 6.99. The Morgan fingerprint density at radius 3 is 2.37 bits per heavy atom. The van der Waals surface area contributed by atoms with Gasteiger partial charge in [0.05, 0.1) is 0 Å². The zero-order valence-corrected chi connectivity index (χ0v) is 16.9. The summed E-state index contributed by atoms with van der Waals surface area (Å²) < 4.78 is 5.25. The van der Waals surface area contributed by atoms with Gasteiger partial charge >= 0.3 is 5.97 Å². The van der Waals surface area contributed by atoms with Crippen LogP contribution in [0.1, 0.15) is 61.5 Å². The van der Waals surface area contributed by atoms with Crippen LogP contribution in [0, 0.1) is 13.8 Å². The molecule has 0 radical (unpaired) electrons. The topological polar surface area (TPSA) is 75.7 Å². The largest absolute Gasteiger partial charge is 0.451 e. The molecule has 27 heavy (non-hydrogen) atoms. The van der Waals surface area contributed by atoms with Gasteiger partial charge in [0.2, 0.25) is 0 Å². The highest BCUT2D eigenvalue weighted by molar-refractivity contribution is 5.96. The van der Waals surface area contributed by atoms with Crippen LogP contribution in [-0.2, 0) is 14.3 Å². The van der Waals surface area contributed by atoms with Crippen molar-refractivity contribution in [3.8, 4) is 0 Å². The molecule has 0 saturated carbocycles. The van der Waals surface area contributed by atoms with Crippen molar-refractivity contribution in [3.05, 3.63) is 34.9 Å². The molecule has 1 aliphatic heterocycles. The van der Waals surface area contributed by atoms with Crippen LogP contribution in [0.3, 0.4) is 0 Å². The zero-order chi connectivity index (χ0) is 20.1.